The zero-order chi connectivity index (χ0) is 99.4. The Morgan fingerprint density at radius 3 is 1.04 bits per heavy atom. The summed E-state index contributed by atoms with van der Waals surface area (Å²) in [6, 6.07) is 63.8. The number of halogens is 15. The van der Waals surface area contributed by atoms with E-state index < -0.39 is 82.5 Å². The van der Waals surface area contributed by atoms with Gasteiger partial charge in [-0.15, -0.1) is 0 Å². The number of carbonyl (C=O) groups excluding carboxylic acids is 4. The molecule has 1 aromatic heterocycles. The average molecular weight is 1930 g/mol. The molecule has 3 aliphatic heterocycles. The summed E-state index contributed by atoms with van der Waals surface area (Å²) in [4.78, 5) is 70.8. The Bertz CT molecular complexity index is 5820. The number of carbonyl (C=O) groups is 4. The van der Waals surface area contributed by atoms with E-state index in [1.54, 1.807) is 39.0 Å². The minimum absolute atomic E-state index is 0.0871. The van der Waals surface area contributed by atoms with Crippen LogP contribution in [0.25, 0.3) is 0 Å². The number of aryl methyl sites for hydroxylation is 1. The Balaban J connectivity index is 0.000000167. The molecule has 4 aliphatic rings. The number of rotatable bonds is 25. The molecule has 139 heavy (non-hydrogen) atoms. The van der Waals surface area contributed by atoms with E-state index in [9.17, 15) is 85.0 Å². The molecule has 0 atom stereocenters. The largest absolute Gasteiger partial charge is 0.497 e. The Morgan fingerprint density at radius 1 is 0.381 bits per heavy atom. The number of nitriles is 1. The van der Waals surface area contributed by atoms with E-state index in [2.05, 4.69) is 53.9 Å². The first-order valence-electron chi connectivity index (χ1n) is 46.0. The molecule has 34 heteroatoms. The monoisotopic (exact) mass is 1930 g/mol. The Kier molecular flexibility index (Phi) is 37.0. The molecule has 15 rings (SSSR count). The molecule has 1 aliphatic carbocycles. The maximum atomic E-state index is 13.9. The summed E-state index contributed by atoms with van der Waals surface area (Å²) in [6.07, 6.45) is -4.46. The van der Waals surface area contributed by atoms with Gasteiger partial charge < -0.3 is 50.2 Å². The number of anilines is 4. The lowest BCUT2D eigenvalue weighted by Gasteiger charge is -2.38. The van der Waals surface area contributed by atoms with Crippen LogP contribution in [0.2, 0.25) is 0 Å². The van der Waals surface area contributed by atoms with Gasteiger partial charge in [0.25, 0.3) is 0 Å². The number of nitrogens with zero attached hydrogens (tertiary/aromatic N) is 10. The smallest absolute Gasteiger partial charge is 0.416 e. The zero-order valence-electron chi connectivity index (χ0n) is 77.1. The number of methoxy groups -OCH3 is 1. The molecule has 0 spiro atoms. The standard InChI is InChI=1S/C28H26F4N4O.C28H29F4N3O2.C25H27F4N5O.C24H29F3N2O/c29-24-14-23(28(30,31)32)15-25(16-24)34-27(37)36(19-20-5-2-1-3-6-20)26-9-11-35(12-10-26)18-22-8-4-7-21(13-22)17-33;1-37-26-9-5-8-21(14-26)18-34-12-10-25(11-13-34)35(19-20-6-3-2-4-7-20)27(36)33-24-16-22(28(30,31)32)15-23(29)17-24;1-32-12-9-30-23(32)17-33-10-7-22(8-11-33)34(16-18-5-3-2-4-6-18)24(35)31-21-14-19(25(27,28)29)13-20(26)15-21;1-2-7-18-12-14-22(15-13-18)29(17-19-8-4-3-5-9-19)23(30)28-21-11-6-10-20(16-21)24(25,26)27/h1-8,13-16,26H,9-12,18-19H2,(H,34,37);2-9,14-17,25H,10-13,18-19H2,1H3,(H,33,36);2-6,9,12-15,22H,7-8,10-11,16-17H2,1H3,(H,31,35);3-6,8-11,16,18,22H,2,7,12-15,17H2,1H3,(H,28,30). The molecule has 8 amide bonds. The normalized spacial score (nSPS) is 15.9. The number of piperidine rings is 3. The van der Waals surface area contributed by atoms with Gasteiger partial charge in [0.15, 0.2) is 0 Å². The lowest BCUT2D eigenvalue weighted by molar-refractivity contribution is -0.138. The minimum atomic E-state index is -4.73. The van der Waals surface area contributed by atoms with Crippen molar-refractivity contribution in [3.05, 3.63) is 346 Å². The van der Waals surface area contributed by atoms with E-state index in [1.165, 1.54) is 25.0 Å². The van der Waals surface area contributed by atoms with Gasteiger partial charge in [0, 0.05) is 145 Å². The topological polar surface area (TPSA) is 190 Å². The second-order valence-electron chi connectivity index (χ2n) is 35.0. The van der Waals surface area contributed by atoms with Crippen molar-refractivity contribution in [3.8, 4) is 11.8 Å². The van der Waals surface area contributed by atoms with Gasteiger partial charge in [-0.25, -0.2) is 37.3 Å². The maximum Gasteiger partial charge on any atom is 0.416 e. The number of amides is 8. The van der Waals surface area contributed by atoms with E-state index in [1.807, 2.05) is 182 Å². The van der Waals surface area contributed by atoms with Crippen LogP contribution >= 0.6 is 0 Å². The SMILES string of the molecule is CCCC1CCC(N(Cc2ccccc2)C(=O)Nc2cccc(C(F)(F)F)c2)CC1.COc1cccc(CN2CCC(N(Cc3ccccc3)C(=O)Nc3cc(F)cc(C(F)(F)F)c3)CC2)c1.Cn1ccnc1CN1CCC(N(Cc2ccccc2)C(=O)Nc2cc(F)cc(C(F)(F)F)c2)CC1.N#Cc1cccc(CN2CCC(N(Cc3ccccc3)C(=O)Nc3cc(F)cc(C(F)(F)F)c3)CC2)c1. The highest BCUT2D eigenvalue weighted by atomic mass is 19.4. The molecule has 11 aromatic rings. The van der Waals surface area contributed by atoms with Gasteiger partial charge in [-0.1, -0.05) is 171 Å². The molecule has 1 saturated carbocycles. The molecule has 3 saturated heterocycles. The third-order valence-corrected chi connectivity index (χ3v) is 24.9. The molecule has 4 heterocycles. The van der Waals surface area contributed by atoms with Crippen molar-refractivity contribution in [2.45, 2.75) is 179 Å². The van der Waals surface area contributed by atoms with Crippen LogP contribution in [-0.4, -0.2) is 139 Å². The number of urea groups is 4. The van der Waals surface area contributed by atoms with Gasteiger partial charge >= 0.3 is 48.8 Å². The molecule has 10 aromatic carbocycles. The van der Waals surface area contributed by atoms with Gasteiger partial charge in [0.1, 0.15) is 29.0 Å². The fourth-order valence-electron chi connectivity index (χ4n) is 17.7. The van der Waals surface area contributed by atoms with Crippen LogP contribution in [0.15, 0.2) is 261 Å². The number of hydrogen-bond donors (Lipinski definition) is 4. The Morgan fingerprint density at radius 2 is 0.705 bits per heavy atom. The van der Waals surface area contributed by atoms with E-state index in [0.717, 1.165) is 152 Å². The lowest BCUT2D eigenvalue weighted by Crippen LogP contribution is -2.48. The van der Waals surface area contributed by atoms with Crippen LogP contribution in [0.3, 0.4) is 0 Å². The summed E-state index contributed by atoms with van der Waals surface area (Å²) < 4.78 is 206. The fourth-order valence-corrected chi connectivity index (χ4v) is 17.7. The second kappa shape index (κ2) is 49.3. The quantitative estimate of drug-likeness (QED) is 0.0401. The van der Waals surface area contributed by atoms with Gasteiger partial charge in [-0.2, -0.15) is 57.9 Å². The predicted molar refractivity (Wildman–Crippen MR) is 503 cm³/mol. The van der Waals surface area contributed by atoms with Crippen molar-refractivity contribution in [2.75, 3.05) is 67.6 Å². The van der Waals surface area contributed by atoms with Crippen molar-refractivity contribution in [3.63, 3.8) is 0 Å². The summed E-state index contributed by atoms with van der Waals surface area (Å²) in [5, 5.41) is 19.3. The highest BCUT2D eigenvalue weighted by Crippen LogP contribution is 2.39. The molecular formula is C105H111F15N14O5. The van der Waals surface area contributed by atoms with Crippen molar-refractivity contribution in [1.29, 1.82) is 5.26 Å². The molecule has 4 fully saturated rings. The maximum absolute atomic E-state index is 13.9. The number of hydrogen-bond acceptors (Lipinski definition) is 10. The van der Waals surface area contributed by atoms with Gasteiger partial charge in [0.05, 0.1) is 47.5 Å². The van der Waals surface area contributed by atoms with Crippen LogP contribution in [0.5, 0.6) is 5.75 Å². The summed E-state index contributed by atoms with van der Waals surface area (Å²) >= 11 is 0. The third kappa shape index (κ3) is 32.1. The molecule has 0 unspecified atom stereocenters. The first-order valence-corrected chi connectivity index (χ1v) is 46.0. The van der Waals surface area contributed by atoms with Crippen LogP contribution in [0.4, 0.5) is 108 Å². The van der Waals surface area contributed by atoms with E-state index in [4.69, 9.17) is 10.00 Å². The Labute approximate surface area is 798 Å². The van der Waals surface area contributed by atoms with Gasteiger partial charge in [-0.05, 0) is 201 Å². The van der Waals surface area contributed by atoms with Gasteiger partial charge in [-0.3, -0.25) is 14.7 Å². The molecular weight excluding hydrogens is 1820 g/mol. The highest BCUT2D eigenvalue weighted by molar-refractivity contribution is 5.92. The summed E-state index contributed by atoms with van der Waals surface area (Å²) in [5.74, 6) is -0.749. The summed E-state index contributed by atoms with van der Waals surface area (Å²) in [7, 11) is 3.57. The number of likely N-dealkylation sites (tertiary alicyclic amines) is 3. The number of ether oxygens (including phenoxy) is 1. The predicted octanol–water partition coefficient (Wildman–Crippen LogP) is 25.3. The number of aromatic nitrogens is 2. The highest BCUT2D eigenvalue weighted by Gasteiger charge is 2.39. The molecule has 4 N–H and O–H groups in total. The van der Waals surface area contributed by atoms with Crippen LogP contribution in [0.1, 0.15) is 151 Å². The molecule has 19 nitrogen and oxygen atoms in total. The summed E-state index contributed by atoms with van der Waals surface area (Å²) in [6.45, 7) is 10.00. The van der Waals surface area contributed by atoms with E-state index in [-0.39, 0.29) is 72.6 Å². The van der Waals surface area contributed by atoms with Crippen molar-refractivity contribution in [1.82, 2.24) is 43.9 Å². The first-order chi connectivity index (χ1) is 66.5. The van der Waals surface area contributed by atoms with Crippen LogP contribution in [-0.2, 0) is 77.6 Å². The van der Waals surface area contributed by atoms with Gasteiger partial charge in [0.2, 0.25) is 0 Å². The molecule has 0 radical (unpaired) electrons. The number of nitrogens with one attached hydrogen (secondary N) is 4. The van der Waals surface area contributed by atoms with Crippen molar-refractivity contribution < 1.29 is 89.8 Å². The van der Waals surface area contributed by atoms with E-state index in [0.29, 0.717) is 101 Å². The third-order valence-electron chi connectivity index (χ3n) is 24.9. The number of alkyl halides is 12. The number of benzene rings is 10. The Hall–Kier alpha value is -13.4. The first kappa shape index (κ1) is 105. The minimum Gasteiger partial charge on any atom is -0.497 e. The summed E-state index contributed by atoms with van der Waals surface area (Å²) in [5.41, 5.74) is 1.66. The van der Waals surface area contributed by atoms with Crippen molar-refractivity contribution in [2.24, 2.45) is 13.0 Å². The van der Waals surface area contributed by atoms with Crippen LogP contribution < -0.4 is 26.0 Å². The zero-order valence-corrected chi connectivity index (χ0v) is 77.1. The lowest BCUT2D eigenvalue weighted by atomic mass is 9.83. The molecule has 0 bridgehead atoms. The van der Waals surface area contributed by atoms with E-state index >= 15 is 0 Å². The fraction of sp³-hybridized carbons (Fsp3) is 0.352. The van der Waals surface area contributed by atoms with Crippen molar-refractivity contribution >= 4 is 46.9 Å². The van der Waals surface area contributed by atoms with Crippen LogP contribution in [0, 0.1) is 34.7 Å². The molecule has 736 valence electrons. The second-order valence-corrected chi connectivity index (χ2v) is 35.0. The average Bonchev–Trinajstić information content (AvgIpc) is 1.34. The number of imidazole rings is 1.